The highest BCUT2D eigenvalue weighted by molar-refractivity contribution is 6.30. The lowest BCUT2D eigenvalue weighted by atomic mass is 9.86. The Kier molecular flexibility index (Phi) is 5.19. The van der Waals surface area contributed by atoms with Crippen LogP contribution in [0, 0.1) is 0 Å². The van der Waals surface area contributed by atoms with Gasteiger partial charge in [0.15, 0.2) is 0 Å². The molecule has 0 fully saturated rings. The summed E-state index contributed by atoms with van der Waals surface area (Å²) in [6.07, 6.45) is 1.79. The predicted molar refractivity (Wildman–Crippen MR) is 98.0 cm³/mol. The van der Waals surface area contributed by atoms with Crippen molar-refractivity contribution in [3.05, 3.63) is 82.5 Å². The van der Waals surface area contributed by atoms with E-state index in [9.17, 15) is 9.59 Å². The SMILES string of the molecule is CN(Cc1ccccc1)C(=O)C1=CNC(=O)CC1c1ccc(Cl)cc1. The third-order valence-corrected chi connectivity index (χ3v) is 4.53. The third-order valence-electron chi connectivity index (χ3n) is 4.28. The molecular formula is C20H19ClN2O2. The normalized spacial score (nSPS) is 16.8. The summed E-state index contributed by atoms with van der Waals surface area (Å²) in [6, 6.07) is 17.1. The Bertz CT molecular complexity index is 800. The van der Waals surface area contributed by atoms with Crippen LogP contribution in [0.4, 0.5) is 0 Å². The molecule has 1 atom stereocenters. The van der Waals surface area contributed by atoms with E-state index in [1.807, 2.05) is 42.5 Å². The molecule has 0 radical (unpaired) electrons. The van der Waals surface area contributed by atoms with Crippen molar-refractivity contribution < 1.29 is 9.59 Å². The van der Waals surface area contributed by atoms with Crippen LogP contribution in [0.1, 0.15) is 23.5 Å². The zero-order valence-electron chi connectivity index (χ0n) is 13.9. The number of nitrogens with zero attached hydrogens (tertiary/aromatic N) is 1. The van der Waals surface area contributed by atoms with E-state index in [-0.39, 0.29) is 24.2 Å². The van der Waals surface area contributed by atoms with Crippen LogP contribution in [0.3, 0.4) is 0 Å². The zero-order chi connectivity index (χ0) is 17.8. The van der Waals surface area contributed by atoms with Gasteiger partial charge in [0.25, 0.3) is 5.91 Å². The lowest BCUT2D eigenvalue weighted by molar-refractivity contribution is -0.127. The maximum Gasteiger partial charge on any atom is 0.251 e. The lowest BCUT2D eigenvalue weighted by Gasteiger charge is -2.27. The summed E-state index contributed by atoms with van der Waals surface area (Å²) in [7, 11) is 1.77. The van der Waals surface area contributed by atoms with E-state index in [0.29, 0.717) is 17.1 Å². The summed E-state index contributed by atoms with van der Waals surface area (Å²) in [5, 5.41) is 3.30. The van der Waals surface area contributed by atoms with Gasteiger partial charge in [-0.2, -0.15) is 0 Å². The van der Waals surface area contributed by atoms with Gasteiger partial charge in [-0.05, 0) is 23.3 Å². The first-order chi connectivity index (χ1) is 12.0. The average Bonchev–Trinajstić information content (AvgIpc) is 2.62. The van der Waals surface area contributed by atoms with Crippen molar-refractivity contribution in [2.45, 2.75) is 18.9 Å². The van der Waals surface area contributed by atoms with Gasteiger partial charge in [-0.25, -0.2) is 0 Å². The zero-order valence-corrected chi connectivity index (χ0v) is 14.7. The van der Waals surface area contributed by atoms with Gasteiger partial charge < -0.3 is 10.2 Å². The monoisotopic (exact) mass is 354 g/mol. The molecule has 25 heavy (non-hydrogen) atoms. The number of carbonyl (C=O) groups excluding carboxylic acids is 2. The van der Waals surface area contributed by atoms with Gasteiger partial charge in [0, 0.05) is 42.7 Å². The van der Waals surface area contributed by atoms with E-state index in [1.165, 1.54) is 6.20 Å². The minimum absolute atomic E-state index is 0.0937. The molecule has 0 saturated carbocycles. The van der Waals surface area contributed by atoms with Crippen LogP contribution in [0.15, 0.2) is 66.4 Å². The average molecular weight is 355 g/mol. The Morgan fingerprint density at radius 3 is 2.52 bits per heavy atom. The molecule has 2 amide bonds. The van der Waals surface area contributed by atoms with Crippen molar-refractivity contribution in [1.29, 1.82) is 0 Å². The largest absolute Gasteiger partial charge is 0.338 e. The smallest absolute Gasteiger partial charge is 0.251 e. The molecular weight excluding hydrogens is 336 g/mol. The summed E-state index contributed by atoms with van der Waals surface area (Å²) in [5.74, 6) is -0.456. The van der Waals surface area contributed by atoms with E-state index in [1.54, 1.807) is 24.1 Å². The number of halogens is 1. The fraction of sp³-hybridized carbons (Fsp3) is 0.200. The molecule has 0 bridgehead atoms. The van der Waals surface area contributed by atoms with Crippen LogP contribution in [-0.2, 0) is 16.1 Å². The molecule has 1 N–H and O–H groups in total. The predicted octanol–water partition coefficient (Wildman–Crippen LogP) is 3.49. The molecule has 1 unspecified atom stereocenters. The van der Waals surface area contributed by atoms with Gasteiger partial charge >= 0.3 is 0 Å². The number of hydrogen-bond donors (Lipinski definition) is 1. The molecule has 4 nitrogen and oxygen atoms in total. The highest BCUT2D eigenvalue weighted by atomic mass is 35.5. The van der Waals surface area contributed by atoms with Crippen molar-refractivity contribution in [1.82, 2.24) is 10.2 Å². The summed E-state index contributed by atoms with van der Waals surface area (Å²) >= 11 is 5.95. The topological polar surface area (TPSA) is 49.4 Å². The van der Waals surface area contributed by atoms with E-state index >= 15 is 0 Å². The van der Waals surface area contributed by atoms with Gasteiger partial charge in [-0.1, -0.05) is 54.1 Å². The number of benzene rings is 2. The first-order valence-electron chi connectivity index (χ1n) is 8.09. The number of likely N-dealkylation sites (N-methyl/N-ethyl adjacent to an activating group) is 1. The van der Waals surface area contributed by atoms with Gasteiger partial charge in [0.05, 0.1) is 0 Å². The molecule has 128 valence electrons. The van der Waals surface area contributed by atoms with Crippen LogP contribution < -0.4 is 5.32 Å². The Morgan fingerprint density at radius 2 is 1.84 bits per heavy atom. The van der Waals surface area contributed by atoms with Crippen molar-refractivity contribution in [2.24, 2.45) is 0 Å². The molecule has 5 heteroatoms. The van der Waals surface area contributed by atoms with Crippen LogP contribution in [0.2, 0.25) is 5.02 Å². The number of hydrogen-bond acceptors (Lipinski definition) is 2. The van der Waals surface area contributed by atoms with Crippen LogP contribution in [-0.4, -0.2) is 23.8 Å². The summed E-state index contributed by atoms with van der Waals surface area (Å²) < 4.78 is 0. The number of rotatable bonds is 4. The Morgan fingerprint density at radius 1 is 1.16 bits per heavy atom. The number of amides is 2. The quantitative estimate of drug-likeness (QED) is 0.913. The molecule has 2 aromatic carbocycles. The van der Waals surface area contributed by atoms with Crippen LogP contribution >= 0.6 is 11.6 Å². The van der Waals surface area contributed by atoms with Crippen molar-refractivity contribution in [3.63, 3.8) is 0 Å². The first-order valence-corrected chi connectivity index (χ1v) is 8.46. The minimum Gasteiger partial charge on any atom is -0.338 e. The molecule has 1 aliphatic heterocycles. The molecule has 0 aromatic heterocycles. The van der Waals surface area contributed by atoms with Crippen LogP contribution in [0.25, 0.3) is 0 Å². The Hall–Kier alpha value is -2.59. The van der Waals surface area contributed by atoms with E-state index < -0.39 is 0 Å². The molecule has 1 aliphatic rings. The molecule has 2 aromatic rings. The molecule has 1 heterocycles. The fourth-order valence-corrected chi connectivity index (χ4v) is 3.09. The third kappa shape index (κ3) is 4.09. The number of nitrogens with one attached hydrogen (secondary N) is 1. The standard InChI is InChI=1S/C20H19ClN2O2/c1-23(13-14-5-3-2-4-6-14)20(25)18-12-22-19(24)11-17(18)15-7-9-16(21)10-8-15/h2-10,12,17H,11,13H2,1H3,(H,22,24). The van der Waals surface area contributed by atoms with Gasteiger partial charge in [0.1, 0.15) is 0 Å². The van der Waals surface area contributed by atoms with Gasteiger partial charge in [-0.3, -0.25) is 9.59 Å². The summed E-state index contributed by atoms with van der Waals surface area (Å²) in [4.78, 5) is 26.4. The number of carbonyl (C=O) groups is 2. The van der Waals surface area contributed by atoms with Crippen LogP contribution in [0.5, 0.6) is 0 Å². The Labute approximate surface area is 152 Å². The first kappa shape index (κ1) is 17.2. The van der Waals surface area contributed by atoms with Crippen molar-refractivity contribution in [3.8, 4) is 0 Å². The fourth-order valence-electron chi connectivity index (χ4n) is 2.97. The second-order valence-electron chi connectivity index (χ2n) is 6.12. The van der Waals surface area contributed by atoms with Gasteiger partial charge in [0.2, 0.25) is 5.91 Å². The maximum absolute atomic E-state index is 12.9. The molecule has 0 saturated heterocycles. The van der Waals surface area contributed by atoms with E-state index in [4.69, 9.17) is 11.6 Å². The second-order valence-corrected chi connectivity index (χ2v) is 6.56. The molecule has 0 spiro atoms. The maximum atomic E-state index is 12.9. The van der Waals surface area contributed by atoms with E-state index in [0.717, 1.165) is 11.1 Å². The van der Waals surface area contributed by atoms with E-state index in [2.05, 4.69) is 5.32 Å². The highest BCUT2D eigenvalue weighted by Gasteiger charge is 2.30. The lowest BCUT2D eigenvalue weighted by Crippen LogP contribution is -2.35. The second kappa shape index (κ2) is 7.53. The van der Waals surface area contributed by atoms with Gasteiger partial charge in [-0.15, -0.1) is 0 Å². The minimum atomic E-state index is -0.267. The molecule has 0 aliphatic carbocycles. The van der Waals surface area contributed by atoms with Crippen molar-refractivity contribution in [2.75, 3.05) is 7.05 Å². The molecule has 3 rings (SSSR count). The van der Waals surface area contributed by atoms with Crippen molar-refractivity contribution >= 4 is 23.4 Å². The summed E-state index contributed by atoms with van der Waals surface area (Å²) in [6.45, 7) is 0.512. The summed E-state index contributed by atoms with van der Waals surface area (Å²) in [5.41, 5.74) is 2.55. The Balaban J connectivity index is 1.83. The highest BCUT2D eigenvalue weighted by Crippen LogP contribution is 2.32.